The first-order valence-corrected chi connectivity index (χ1v) is 11.0. The van der Waals surface area contributed by atoms with Crippen LogP contribution < -0.4 is 9.47 Å². The Morgan fingerprint density at radius 2 is 1.55 bits per heavy atom. The van der Waals surface area contributed by atoms with Crippen molar-refractivity contribution in [1.82, 2.24) is 0 Å². The van der Waals surface area contributed by atoms with Crippen LogP contribution in [-0.2, 0) is 4.79 Å². The van der Waals surface area contributed by atoms with Gasteiger partial charge in [0.2, 0.25) is 0 Å². The molecule has 1 saturated carbocycles. The molecule has 0 aromatic heterocycles. The molecule has 0 aliphatic heterocycles. The van der Waals surface area contributed by atoms with Crippen LogP contribution in [0.3, 0.4) is 0 Å². The Hall–Kier alpha value is -1.86. The molecule has 1 aromatic rings. The average molecular weight is 450 g/mol. The number of hydrogen-bond donors (Lipinski definition) is 0. The van der Waals surface area contributed by atoms with Crippen LogP contribution >= 0.6 is 0 Å². The first-order valence-electron chi connectivity index (χ1n) is 11.0. The standard InChI is InChI=1S/C23H31F5O3/c1-2-3-4-6-17-7-9-18(10-8-17)21(29)31-20-13-11-19(12-14-20)30-16-5-15-22(24,25)23(26,27)28/h11-14,17-18H,2-10,15-16H2,1H3. The summed E-state index contributed by atoms with van der Waals surface area (Å²) in [6.45, 7) is 1.91. The van der Waals surface area contributed by atoms with Crippen molar-refractivity contribution in [2.45, 2.75) is 83.2 Å². The number of halogens is 5. The molecule has 0 radical (unpaired) electrons. The fourth-order valence-corrected chi connectivity index (χ4v) is 3.80. The highest BCUT2D eigenvalue weighted by Crippen LogP contribution is 2.39. The Kier molecular flexibility index (Phi) is 9.56. The topological polar surface area (TPSA) is 35.5 Å². The lowest BCUT2D eigenvalue weighted by atomic mass is 9.80. The summed E-state index contributed by atoms with van der Waals surface area (Å²) >= 11 is 0. The summed E-state index contributed by atoms with van der Waals surface area (Å²) in [6.07, 6.45) is 1.37. The van der Waals surface area contributed by atoms with Crippen molar-refractivity contribution in [1.29, 1.82) is 0 Å². The zero-order chi connectivity index (χ0) is 22.9. The molecule has 0 N–H and O–H groups in total. The molecular weight excluding hydrogens is 419 g/mol. The number of unbranched alkanes of at least 4 members (excludes halogenated alkanes) is 2. The SMILES string of the molecule is CCCCCC1CCC(C(=O)Oc2ccc(OCCCC(F)(F)C(F)(F)F)cc2)CC1. The molecule has 31 heavy (non-hydrogen) atoms. The van der Waals surface area contributed by atoms with Crippen LogP contribution in [0.2, 0.25) is 0 Å². The molecule has 0 amide bonds. The first kappa shape index (κ1) is 25.4. The molecule has 0 atom stereocenters. The highest BCUT2D eigenvalue weighted by Gasteiger charge is 2.56. The Labute approximate surface area is 180 Å². The van der Waals surface area contributed by atoms with Crippen molar-refractivity contribution in [2.24, 2.45) is 11.8 Å². The van der Waals surface area contributed by atoms with Gasteiger partial charge in [-0.3, -0.25) is 4.79 Å². The second-order valence-electron chi connectivity index (χ2n) is 8.26. The van der Waals surface area contributed by atoms with Gasteiger partial charge in [-0.15, -0.1) is 0 Å². The van der Waals surface area contributed by atoms with Crippen LogP contribution in [0.25, 0.3) is 0 Å². The van der Waals surface area contributed by atoms with Gasteiger partial charge in [0.15, 0.2) is 0 Å². The van der Waals surface area contributed by atoms with E-state index < -0.39 is 24.9 Å². The summed E-state index contributed by atoms with van der Waals surface area (Å²) in [4.78, 5) is 12.4. The molecule has 176 valence electrons. The summed E-state index contributed by atoms with van der Waals surface area (Å²) in [5, 5.41) is 0. The molecule has 1 aromatic carbocycles. The molecule has 3 nitrogen and oxygen atoms in total. The minimum atomic E-state index is -5.55. The number of rotatable bonds is 11. The lowest BCUT2D eigenvalue weighted by molar-refractivity contribution is -0.284. The van der Waals surface area contributed by atoms with Crippen molar-refractivity contribution < 1.29 is 36.2 Å². The van der Waals surface area contributed by atoms with Crippen LogP contribution in [0.5, 0.6) is 11.5 Å². The number of ether oxygens (including phenoxy) is 2. The molecule has 8 heteroatoms. The van der Waals surface area contributed by atoms with E-state index in [1.54, 1.807) is 0 Å². The predicted octanol–water partition coefficient (Wildman–Crippen LogP) is 7.34. The van der Waals surface area contributed by atoms with Gasteiger partial charge in [0, 0.05) is 6.42 Å². The van der Waals surface area contributed by atoms with Gasteiger partial charge < -0.3 is 9.47 Å². The highest BCUT2D eigenvalue weighted by molar-refractivity contribution is 5.75. The lowest BCUT2D eigenvalue weighted by Gasteiger charge is -2.27. The molecule has 0 unspecified atom stereocenters. The Bertz CT molecular complexity index is 665. The summed E-state index contributed by atoms with van der Waals surface area (Å²) in [5.74, 6) is -3.72. The molecule has 0 bridgehead atoms. The number of hydrogen-bond acceptors (Lipinski definition) is 3. The van der Waals surface area contributed by atoms with E-state index in [2.05, 4.69) is 6.92 Å². The third kappa shape index (κ3) is 8.30. The minimum absolute atomic E-state index is 0.103. The first-order chi connectivity index (χ1) is 14.6. The molecular formula is C23H31F5O3. The van der Waals surface area contributed by atoms with Gasteiger partial charge in [-0.1, -0.05) is 32.6 Å². The van der Waals surface area contributed by atoms with Crippen molar-refractivity contribution in [2.75, 3.05) is 6.61 Å². The van der Waals surface area contributed by atoms with Gasteiger partial charge in [0.05, 0.1) is 12.5 Å². The van der Waals surface area contributed by atoms with Gasteiger partial charge in [-0.25, -0.2) is 0 Å². The predicted molar refractivity (Wildman–Crippen MR) is 107 cm³/mol. The van der Waals surface area contributed by atoms with Crippen molar-refractivity contribution in [3.63, 3.8) is 0 Å². The lowest BCUT2D eigenvalue weighted by Crippen LogP contribution is -2.36. The third-order valence-electron chi connectivity index (χ3n) is 5.76. The fraction of sp³-hybridized carbons (Fsp3) is 0.696. The van der Waals surface area contributed by atoms with E-state index >= 15 is 0 Å². The van der Waals surface area contributed by atoms with Crippen LogP contribution in [0.1, 0.15) is 71.1 Å². The van der Waals surface area contributed by atoms with Crippen molar-refractivity contribution in [3.05, 3.63) is 24.3 Å². The average Bonchev–Trinajstić information content (AvgIpc) is 2.72. The second kappa shape index (κ2) is 11.7. The van der Waals surface area contributed by atoms with Crippen LogP contribution in [0, 0.1) is 11.8 Å². The molecule has 0 saturated heterocycles. The molecule has 1 fully saturated rings. The zero-order valence-corrected chi connectivity index (χ0v) is 17.9. The Balaban J connectivity index is 1.69. The second-order valence-corrected chi connectivity index (χ2v) is 8.26. The maximum Gasteiger partial charge on any atom is 0.453 e. The largest absolute Gasteiger partial charge is 0.494 e. The van der Waals surface area contributed by atoms with Crippen LogP contribution in [0.15, 0.2) is 24.3 Å². The van der Waals surface area contributed by atoms with Crippen LogP contribution in [0.4, 0.5) is 22.0 Å². The zero-order valence-electron chi connectivity index (χ0n) is 17.9. The van der Waals surface area contributed by atoms with E-state index in [0.717, 1.165) is 25.7 Å². The van der Waals surface area contributed by atoms with E-state index in [9.17, 15) is 26.7 Å². The fourth-order valence-electron chi connectivity index (χ4n) is 3.80. The quantitative estimate of drug-likeness (QED) is 0.153. The normalized spacial score (nSPS) is 19.8. The summed E-state index contributed by atoms with van der Waals surface area (Å²) in [5.41, 5.74) is 0. The number of alkyl halides is 5. The summed E-state index contributed by atoms with van der Waals surface area (Å²) < 4.78 is 72.7. The van der Waals surface area contributed by atoms with E-state index in [-0.39, 0.29) is 18.5 Å². The number of carbonyl (C=O) groups is 1. The smallest absolute Gasteiger partial charge is 0.453 e. The summed E-state index contributed by atoms with van der Waals surface area (Å²) in [6, 6.07) is 6.03. The van der Waals surface area contributed by atoms with Gasteiger partial charge in [-0.2, -0.15) is 22.0 Å². The molecule has 0 spiro atoms. The van der Waals surface area contributed by atoms with Gasteiger partial charge in [0.25, 0.3) is 0 Å². The minimum Gasteiger partial charge on any atom is -0.494 e. The van der Waals surface area contributed by atoms with Gasteiger partial charge >= 0.3 is 18.1 Å². The maximum absolute atomic E-state index is 12.8. The summed E-state index contributed by atoms with van der Waals surface area (Å²) in [7, 11) is 0. The Morgan fingerprint density at radius 3 is 2.13 bits per heavy atom. The van der Waals surface area contributed by atoms with E-state index in [1.165, 1.54) is 49.9 Å². The monoisotopic (exact) mass is 450 g/mol. The van der Waals surface area contributed by atoms with Gasteiger partial charge in [-0.05, 0) is 62.3 Å². The maximum atomic E-state index is 12.8. The molecule has 1 aliphatic rings. The van der Waals surface area contributed by atoms with Crippen molar-refractivity contribution in [3.8, 4) is 11.5 Å². The van der Waals surface area contributed by atoms with Crippen LogP contribution in [-0.4, -0.2) is 24.7 Å². The number of benzene rings is 1. The van der Waals surface area contributed by atoms with E-state index in [1.807, 2.05) is 0 Å². The molecule has 0 heterocycles. The molecule has 2 rings (SSSR count). The molecule has 1 aliphatic carbocycles. The Morgan fingerprint density at radius 1 is 0.935 bits per heavy atom. The number of esters is 1. The van der Waals surface area contributed by atoms with E-state index in [4.69, 9.17) is 9.47 Å². The van der Waals surface area contributed by atoms with Gasteiger partial charge in [0.1, 0.15) is 11.5 Å². The third-order valence-corrected chi connectivity index (χ3v) is 5.76. The van der Waals surface area contributed by atoms with Crippen molar-refractivity contribution >= 4 is 5.97 Å². The number of carbonyl (C=O) groups excluding carboxylic acids is 1. The highest BCUT2D eigenvalue weighted by atomic mass is 19.4. The van der Waals surface area contributed by atoms with E-state index in [0.29, 0.717) is 17.4 Å².